The van der Waals surface area contributed by atoms with E-state index >= 15 is 0 Å². The topological polar surface area (TPSA) is 69.0 Å². The number of nitrogens with one attached hydrogen (secondary N) is 1. The quantitative estimate of drug-likeness (QED) is 0.350. The van der Waals surface area contributed by atoms with Crippen molar-refractivity contribution in [2.45, 2.75) is 76.9 Å². The predicted octanol–water partition coefficient (Wildman–Crippen LogP) is 5.13. The van der Waals surface area contributed by atoms with Crippen molar-refractivity contribution in [3.8, 4) is 0 Å². The molecule has 0 fully saturated rings. The third-order valence-corrected chi connectivity index (χ3v) is 6.36. The van der Waals surface area contributed by atoms with Gasteiger partial charge in [-0.15, -0.1) is 11.8 Å². The van der Waals surface area contributed by atoms with E-state index in [1.807, 2.05) is 14.0 Å². The van der Waals surface area contributed by atoms with Crippen molar-refractivity contribution in [3.63, 3.8) is 0 Å². The number of hydrogen-bond acceptors (Lipinski definition) is 5. The van der Waals surface area contributed by atoms with Gasteiger partial charge in [-0.2, -0.15) is 5.10 Å². The third-order valence-electron chi connectivity index (χ3n) is 5.23. The first-order valence-corrected chi connectivity index (χ1v) is 12.1. The van der Waals surface area contributed by atoms with Crippen molar-refractivity contribution in [2.75, 3.05) is 19.8 Å². The van der Waals surface area contributed by atoms with Crippen LogP contribution < -0.4 is 5.32 Å². The van der Waals surface area contributed by atoms with Gasteiger partial charge in [0.15, 0.2) is 5.65 Å². The summed E-state index contributed by atoms with van der Waals surface area (Å²) in [5.74, 6) is 0.570. The lowest BCUT2D eigenvalue weighted by atomic mass is 10.0. The van der Waals surface area contributed by atoms with E-state index in [4.69, 9.17) is 4.74 Å². The van der Waals surface area contributed by atoms with Gasteiger partial charge in [0.25, 0.3) is 5.91 Å². The second-order valence-corrected chi connectivity index (χ2v) is 9.76. The maximum absolute atomic E-state index is 12.9. The second-order valence-electron chi connectivity index (χ2n) is 8.18. The van der Waals surface area contributed by atoms with Crippen molar-refractivity contribution in [1.82, 2.24) is 20.1 Å². The lowest BCUT2D eigenvalue weighted by Crippen LogP contribution is -2.26. The molecule has 7 heteroatoms. The Morgan fingerprint density at radius 3 is 2.73 bits per heavy atom. The maximum atomic E-state index is 12.9. The number of carbonyl (C=O) groups excluding carboxylic acids is 1. The van der Waals surface area contributed by atoms with Crippen molar-refractivity contribution in [1.29, 1.82) is 0 Å². The molecule has 0 aliphatic carbocycles. The van der Waals surface area contributed by atoms with Crippen LogP contribution in [0.25, 0.3) is 11.0 Å². The molecule has 1 atom stereocenters. The fraction of sp³-hybridized carbons (Fsp3) is 0.696. The van der Waals surface area contributed by atoms with Crippen LogP contribution in [0.5, 0.6) is 0 Å². The van der Waals surface area contributed by atoms with Crippen LogP contribution in [0.1, 0.15) is 75.9 Å². The molecule has 2 aromatic rings. The molecular formula is C23H38N4O2S. The van der Waals surface area contributed by atoms with Crippen LogP contribution in [-0.4, -0.2) is 45.7 Å². The molecule has 6 nitrogen and oxygen atoms in total. The van der Waals surface area contributed by atoms with Crippen LogP contribution in [0, 0.1) is 12.8 Å². The number of ether oxygens (including phenoxy) is 1. The minimum absolute atomic E-state index is 0.0785. The van der Waals surface area contributed by atoms with Gasteiger partial charge < -0.3 is 10.1 Å². The molecule has 0 bridgehead atoms. The van der Waals surface area contributed by atoms with E-state index in [1.165, 1.54) is 19.3 Å². The molecule has 1 amide bonds. The van der Waals surface area contributed by atoms with E-state index in [9.17, 15) is 4.79 Å². The Hall–Kier alpha value is -1.60. The smallest absolute Gasteiger partial charge is 0.254 e. The number of pyridine rings is 1. The van der Waals surface area contributed by atoms with Crippen molar-refractivity contribution >= 4 is 28.7 Å². The van der Waals surface area contributed by atoms with Crippen molar-refractivity contribution in [2.24, 2.45) is 13.0 Å². The van der Waals surface area contributed by atoms with E-state index in [1.54, 1.807) is 22.6 Å². The Balaban J connectivity index is 1.93. The summed E-state index contributed by atoms with van der Waals surface area (Å²) in [5, 5.41) is 8.86. The van der Waals surface area contributed by atoms with Crippen LogP contribution in [0.3, 0.4) is 0 Å². The zero-order valence-corrected chi connectivity index (χ0v) is 20.3. The Morgan fingerprint density at radius 2 is 2.07 bits per heavy atom. The van der Waals surface area contributed by atoms with Gasteiger partial charge in [-0.3, -0.25) is 9.48 Å². The molecule has 168 valence electrons. The molecule has 1 unspecified atom stereocenters. The second kappa shape index (κ2) is 12.3. The highest BCUT2D eigenvalue weighted by molar-refractivity contribution is 8.00. The number of carbonyl (C=O) groups is 1. The molecule has 30 heavy (non-hydrogen) atoms. The first kappa shape index (κ1) is 24.7. The summed E-state index contributed by atoms with van der Waals surface area (Å²) in [5.41, 5.74) is 2.35. The number of thioether (sulfide) groups is 1. The first-order chi connectivity index (χ1) is 14.4. The number of hydrogen-bond donors (Lipinski definition) is 1. The van der Waals surface area contributed by atoms with Gasteiger partial charge in [0.05, 0.1) is 16.6 Å². The van der Waals surface area contributed by atoms with Gasteiger partial charge in [-0.1, -0.05) is 47.0 Å². The van der Waals surface area contributed by atoms with E-state index in [0.29, 0.717) is 29.9 Å². The Bertz CT molecular complexity index is 819. The monoisotopic (exact) mass is 434 g/mol. The van der Waals surface area contributed by atoms with Gasteiger partial charge in [-0.25, -0.2) is 4.98 Å². The Morgan fingerprint density at radius 1 is 1.30 bits per heavy atom. The molecule has 0 aliphatic rings. The molecule has 2 aromatic heterocycles. The van der Waals surface area contributed by atoms with Crippen LogP contribution >= 0.6 is 11.8 Å². The highest BCUT2D eigenvalue weighted by Crippen LogP contribution is 2.34. The highest BCUT2D eigenvalue weighted by atomic mass is 32.2. The summed E-state index contributed by atoms with van der Waals surface area (Å²) in [4.78, 5) is 18.4. The lowest BCUT2D eigenvalue weighted by molar-refractivity contribution is 0.0874. The molecule has 0 spiro atoms. The Labute approximate surface area is 185 Å². The summed E-state index contributed by atoms with van der Waals surface area (Å²) in [7, 11) is 1.89. The van der Waals surface area contributed by atoms with Crippen LogP contribution in [0.15, 0.2) is 11.1 Å². The SMILES string of the molecule is CCCCC(CC)COCCCNC(=O)c1cnc2c(c(C)nn2C)c1SC(C)C. The van der Waals surface area contributed by atoms with E-state index in [2.05, 4.69) is 43.1 Å². The molecule has 2 rings (SSSR count). The van der Waals surface area contributed by atoms with Gasteiger partial charge >= 0.3 is 0 Å². The third kappa shape index (κ3) is 6.71. The molecule has 0 radical (unpaired) electrons. The largest absolute Gasteiger partial charge is 0.381 e. The summed E-state index contributed by atoms with van der Waals surface area (Å²) in [6.07, 6.45) is 7.39. The Kier molecular flexibility index (Phi) is 10.1. The molecular weight excluding hydrogens is 396 g/mol. The zero-order valence-electron chi connectivity index (χ0n) is 19.5. The maximum Gasteiger partial charge on any atom is 0.254 e. The van der Waals surface area contributed by atoms with E-state index < -0.39 is 0 Å². The number of aromatic nitrogens is 3. The lowest BCUT2D eigenvalue weighted by Gasteiger charge is -2.15. The number of nitrogens with zero attached hydrogens (tertiary/aromatic N) is 3. The summed E-state index contributed by atoms with van der Waals surface area (Å²) in [6, 6.07) is 0. The number of rotatable bonds is 13. The van der Waals surface area contributed by atoms with Gasteiger partial charge in [-0.05, 0) is 25.7 Å². The molecule has 1 N–H and O–H groups in total. The minimum Gasteiger partial charge on any atom is -0.381 e. The number of amides is 1. The summed E-state index contributed by atoms with van der Waals surface area (Å²) < 4.78 is 7.62. The fourth-order valence-electron chi connectivity index (χ4n) is 3.52. The van der Waals surface area contributed by atoms with Crippen molar-refractivity contribution < 1.29 is 9.53 Å². The van der Waals surface area contributed by atoms with E-state index in [0.717, 1.165) is 41.1 Å². The van der Waals surface area contributed by atoms with Crippen LogP contribution in [0.2, 0.25) is 0 Å². The van der Waals surface area contributed by atoms with Crippen LogP contribution in [-0.2, 0) is 11.8 Å². The minimum atomic E-state index is -0.0785. The highest BCUT2D eigenvalue weighted by Gasteiger charge is 2.20. The molecule has 0 aromatic carbocycles. The predicted molar refractivity (Wildman–Crippen MR) is 125 cm³/mol. The number of aryl methyl sites for hydroxylation is 2. The van der Waals surface area contributed by atoms with Crippen LogP contribution in [0.4, 0.5) is 0 Å². The molecule has 0 saturated heterocycles. The fourth-order valence-corrected chi connectivity index (χ4v) is 4.62. The van der Waals surface area contributed by atoms with E-state index in [-0.39, 0.29) is 5.91 Å². The number of fused-ring (bicyclic) bond motifs is 1. The average molecular weight is 435 g/mol. The molecule has 0 saturated carbocycles. The standard InChI is InChI=1S/C23H38N4O2S/c1-7-9-11-18(8-2)15-29-13-10-12-24-23(28)19-14-25-22-20(17(5)26-27(22)6)21(19)30-16(3)4/h14,16,18H,7-13,15H2,1-6H3,(H,24,28). The normalized spacial score (nSPS) is 12.6. The average Bonchev–Trinajstić information content (AvgIpc) is 3.00. The summed E-state index contributed by atoms with van der Waals surface area (Å²) in [6.45, 7) is 12.8. The zero-order chi connectivity index (χ0) is 22.1. The first-order valence-electron chi connectivity index (χ1n) is 11.2. The summed E-state index contributed by atoms with van der Waals surface area (Å²) >= 11 is 1.69. The van der Waals surface area contributed by atoms with Gasteiger partial charge in [0.1, 0.15) is 0 Å². The number of unbranched alkanes of at least 4 members (excludes halogenated alkanes) is 1. The van der Waals surface area contributed by atoms with Gasteiger partial charge in [0.2, 0.25) is 0 Å². The van der Waals surface area contributed by atoms with Gasteiger partial charge in [0, 0.05) is 43.1 Å². The molecule has 2 heterocycles. The molecule has 0 aliphatic heterocycles. The van der Waals surface area contributed by atoms with Crippen molar-refractivity contribution in [3.05, 3.63) is 17.5 Å².